The number of nitrogens with zero attached hydrogens (tertiary/aromatic N) is 2. The van der Waals surface area contributed by atoms with E-state index in [2.05, 4.69) is 42.9 Å². The fourth-order valence-corrected chi connectivity index (χ4v) is 4.24. The number of piperazine rings is 1. The molecule has 0 aromatic carbocycles. The minimum absolute atomic E-state index is 0.834. The molecule has 2 fully saturated rings. The highest BCUT2D eigenvalue weighted by atomic mass is 15.4. The zero-order chi connectivity index (χ0) is 15.1. The van der Waals surface area contributed by atoms with Crippen LogP contribution in [0.4, 0.5) is 0 Å². The van der Waals surface area contributed by atoms with Crippen LogP contribution in [0.3, 0.4) is 0 Å². The molecule has 0 spiro atoms. The van der Waals surface area contributed by atoms with Crippen molar-refractivity contribution in [2.24, 2.45) is 5.92 Å². The Bertz CT molecular complexity index is 333. The molecule has 1 aliphatic carbocycles. The molecule has 0 unspecified atom stereocenters. The second kappa shape index (κ2) is 7.95. The van der Waals surface area contributed by atoms with Gasteiger partial charge in [-0.1, -0.05) is 19.2 Å². The molecule has 0 bridgehead atoms. The summed E-state index contributed by atoms with van der Waals surface area (Å²) in [5, 5.41) is 0. The highest BCUT2D eigenvalue weighted by Gasteiger charge is 2.34. The lowest BCUT2D eigenvalue weighted by atomic mass is 9.83. The summed E-state index contributed by atoms with van der Waals surface area (Å²) in [6, 6.07) is 0.834. The molecule has 2 heteroatoms. The molecule has 118 valence electrons. The monoisotopic (exact) mass is 289 g/mol. The van der Waals surface area contributed by atoms with Gasteiger partial charge in [-0.25, -0.2) is 0 Å². The highest BCUT2D eigenvalue weighted by Crippen LogP contribution is 2.31. The largest absolute Gasteiger partial charge is 0.315 e. The molecule has 0 N–H and O–H groups in total. The van der Waals surface area contributed by atoms with Crippen molar-refractivity contribution in [1.82, 2.24) is 4.90 Å². The molecule has 0 aromatic heterocycles. The fourth-order valence-electron chi connectivity index (χ4n) is 4.24. The van der Waals surface area contributed by atoms with E-state index in [-0.39, 0.29) is 0 Å². The zero-order valence-electron chi connectivity index (χ0n) is 13.7. The van der Waals surface area contributed by atoms with Crippen molar-refractivity contribution in [2.75, 3.05) is 39.3 Å². The normalized spacial score (nSPS) is 29.7. The van der Waals surface area contributed by atoms with Gasteiger partial charge in [0.25, 0.3) is 0 Å². The molecule has 0 aromatic rings. The molecule has 21 heavy (non-hydrogen) atoms. The topological polar surface area (TPSA) is 3.24 Å². The van der Waals surface area contributed by atoms with Crippen molar-refractivity contribution in [3.05, 3.63) is 38.0 Å². The number of quaternary nitrogens is 1. The number of allylic oxidation sites excluding steroid dienone is 1. The van der Waals surface area contributed by atoms with Crippen molar-refractivity contribution < 1.29 is 4.48 Å². The van der Waals surface area contributed by atoms with Crippen molar-refractivity contribution in [2.45, 2.75) is 38.1 Å². The van der Waals surface area contributed by atoms with Crippen molar-refractivity contribution in [1.29, 1.82) is 0 Å². The average Bonchev–Trinajstić information content (AvgIpc) is 2.50. The van der Waals surface area contributed by atoms with Crippen LogP contribution in [0.2, 0.25) is 0 Å². The standard InChI is InChI=1S/C19H33N2/c1-4-7-18-8-10-19(11-9-18)20-12-16-21(14-5-2,15-6-3)17-13-20/h4-6,18-19H,1-3,7-17H2/q+1. The van der Waals surface area contributed by atoms with Gasteiger partial charge in [-0.15, -0.1) is 6.58 Å². The number of rotatable bonds is 7. The summed E-state index contributed by atoms with van der Waals surface area (Å²) in [4.78, 5) is 2.76. The Morgan fingerprint density at radius 1 is 0.857 bits per heavy atom. The smallest absolute Gasteiger partial charge is 0.0974 e. The van der Waals surface area contributed by atoms with Crippen LogP contribution >= 0.6 is 0 Å². The summed E-state index contributed by atoms with van der Waals surface area (Å²) < 4.78 is 1.16. The van der Waals surface area contributed by atoms with Gasteiger partial charge in [-0.3, -0.25) is 4.90 Å². The molecule has 0 atom stereocenters. The van der Waals surface area contributed by atoms with Crippen LogP contribution in [-0.2, 0) is 0 Å². The van der Waals surface area contributed by atoms with Crippen LogP contribution in [-0.4, -0.2) is 54.7 Å². The zero-order valence-corrected chi connectivity index (χ0v) is 13.7. The van der Waals surface area contributed by atoms with Gasteiger partial charge < -0.3 is 4.48 Å². The van der Waals surface area contributed by atoms with E-state index in [1.807, 2.05) is 0 Å². The van der Waals surface area contributed by atoms with Crippen molar-refractivity contribution in [3.63, 3.8) is 0 Å². The van der Waals surface area contributed by atoms with E-state index in [1.165, 1.54) is 58.3 Å². The van der Waals surface area contributed by atoms with E-state index in [1.54, 1.807) is 0 Å². The van der Waals surface area contributed by atoms with Gasteiger partial charge in [0.15, 0.2) is 0 Å². The summed E-state index contributed by atoms with van der Waals surface area (Å²) in [7, 11) is 0. The van der Waals surface area contributed by atoms with Crippen molar-refractivity contribution >= 4 is 0 Å². The van der Waals surface area contributed by atoms with E-state index in [4.69, 9.17) is 0 Å². The molecule has 0 amide bonds. The quantitative estimate of drug-likeness (QED) is 0.511. The number of hydrogen-bond acceptors (Lipinski definition) is 1. The second-order valence-corrected chi connectivity index (χ2v) is 6.97. The molecule has 1 saturated heterocycles. The van der Waals surface area contributed by atoms with Gasteiger partial charge in [0.05, 0.1) is 26.2 Å². The minimum Gasteiger partial charge on any atom is -0.315 e. The summed E-state index contributed by atoms with van der Waals surface area (Å²) >= 11 is 0. The van der Waals surface area contributed by atoms with Crippen LogP contribution in [0.15, 0.2) is 38.0 Å². The predicted molar refractivity (Wildman–Crippen MR) is 92.3 cm³/mol. The Morgan fingerprint density at radius 3 is 1.90 bits per heavy atom. The van der Waals surface area contributed by atoms with Gasteiger partial charge in [-0.2, -0.15) is 0 Å². The molecule has 1 saturated carbocycles. The Balaban J connectivity index is 1.82. The molecular weight excluding hydrogens is 256 g/mol. The Labute approximate surface area is 131 Å². The Morgan fingerprint density at radius 2 is 1.43 bits per heavy atom. The SMILES string of the molecule is C=CCC1CCC(N2CC[N+](CC=C)(CC=C)CC2)CC1. The Kier molecular flexibility index (Phi) is 6.25. The molecule has 2 rings (SSSR count). The summed E-state index contributed by atoms with van der Waals surface area (Å²) in [5.74, 6) is 0.903. The second-order valence-electron chi connectivity index (χ2n) is 6.97. The lowest BCUT2D eigenvalue weighted by Gasteiger charge is -2.47. The third-order valence-electron chi connectivity index (χ3n) is 5.59. The Hall–Kier alpha value is -0.860. The molecule has 2 nitrogen and oxygen atoms in total. The third-order valence-corrected chi connectivity index (χ3v) is 5.59. The van der Waals surface area contributed by atoms with E-state index < -0.39 is 0 Å². The van der Waals surface area contributed by atoms with Gasteiger partial charge in [-0.05, 0) is 50.2 Å². The first kappa shape index (κ1) is 16.5. The van der Waals surface area contributed by atoms with Crippen LogP contribution in [0.25, 0.3) is 0 Å². The first-order valence-electron chi connectivity index (χ1n) is 8.65. The fraction of sp³-hybridized carbons (Fsp3) is 0.684. The van der Waals surface area contributed by atoms with Crippen LogP contribution in [0.1, 0.15) is 32.1 Å². The molecule has 0 radical (unpaired) electrons. The first-order valence-corrected chi connectivity index (χ1v) is 8.65. The maximum Gasteiger partial charge on any atom is 0.0974 e. The van der Waals surface area contributed by atoms with Crippen LogP contribution in [0.5, 0.6) is 0 Å². The molecule has 2 aliphatic rings. The molecule has 1 aliphatic heterocycles. The summed E-state index contributed by atoms with van der Waals surface area (Å²) in [5.41, 5.74) is 0. The summed E-state index contributed by atoms with van der Waals surface area (Å²) in [6.45, 7) is 19.0. The van der Waals surface area contributed by atoms with Crippen LogP contribution < -0.4 is 0 Å². The number of hydrogen-bond donors (Lipinski definition) is 0. The van der Waals surface area contributed by atoms with E-state index >= 15 is 0 Å². The van der Waals surface area contributed by atoms with Gasteiger partial charge >= 0.3 is 0 Å². The third kappa shape index (κ3) is 4.31. The van der Waals surface area contributed by atoms with Gasteiger partial charge in [0.1, 0.15) is 0 Å². The van der Waals surface area contributed by atoms with E-state index in [9.17, 15) is 0 Å². The lowest BCUT2D eigenvalue weighted by Crippen LogP contribution is -2.61. The van der Waals surface area contributed by atoms with E-state index in [0.717, 1.165) is 29.5 Å². The highest BCUT2D eigenvalue weighted by molar-refractivity contribution is 4.85. The van der Waals surface area contributed by atoms with Crippen molar-refractivity contribution in [3.8, 4) is 0 Å². The molecular formula is C19H33N2+. The van der Waals surface area contributed by atoms with E-state index in [0.29, 0.717) is 0 Å². The first-order chi connectivity index (χ1) is 10.2. The maximum absolute atomic E-state index is 3.95. The van der Waals surface area contributed by atoms with Gasteiger partial charge in [0.2, 0.25) is 0 Å². The minimum atomic E-state index is 0.834. The molecule has 1 heterocycles. The van der Waals surface area contributed by atoms with Gasteiger partial charge in [0, 0.05) is 19.1 Å². The summed E-state index contributed by atoms with van der Waals surface area (Å²) in [6.07, 6.45) is 13.1. The van der Waals surface area contributed by atoms with Crippen LogP contribution in [0, 0.1) is 5.92 Å². The lowest BCUT2D eigenvalue weighted by molar-refractivity contribution is -0.921. The average molecular weight is 289 g/mol. The maximum atomic E-state index is 3.95. The predicted octanol–water partition coefficient (Wildman–Crippen LogP) is 3.63.